The van der Waals surface area contributed by atoms with Crippen LogP contribution in [-0.2, 0) is 22.6 Å². The molecule has 1 aromatic carbocycles. The van der Waals surface area contributed by atoms with E-state index in [4.69, 9.17) is 0 Å². The molecule has 0 aliphatic carbocycles. The first kappa shape index (κ1) is 23.1. The fourth-order valence-corrected chi connectivity index (χ4v) is 6.75. The van der Waals surface area contributed by atoms with E-state index in [1.807, 2.05) is 6.92 Å². The van der Waals surface area contributed by atoms with Gasteiger partial charge in [0.25, 0.3) is 5.91 Å². The van der Waals surface area contributed by atoms with Crippen molar-refractivity contribution in [1.82, 2.24) is 14.2 Å². The SMILES string of the molecule is CC1CCc2nc(C(F)(F)F)sc2C(=O)N1C1CCN(S(=O)(=O)c2ccccc2F)CC1. The molecule has 32 heavy (non-hydrogen) atoms. The van der Waals surface area contributed by atoms with Gasteiger partial charge in [-0.1, -0.05) is 12.1 Å². The van der Waals surface area contributed by atoms with Gasteiger partial charge in [-0.25, -0.2) is 17.8 Å². The number of carbonyl (C=O) groups is 1. The molecule has 174 valence electrons. The van der Waals surface area contributed by atoms with Gasteiger partial charge in [0.1, 0.15) is 15.6 Å². The normalized spacial score (nSPS) is 21.5. The van der Waals surface area contributed by atoms with Crippen molar-refractivity contribution in [2.75, 3.05) is 13.1 Å². The van der Waals surface area contributed by atoms with Crippen molar-refractivity contribution in [3.8, 4) is 0 Å². The van der Waals surface area contributed by atoms with Crippen LogP contribution in [0, 0.1) is 5.82 Å². The molecule has 0 N–H and O–H groups in total. The Morgan fingerprint density at radius 2 is 1.78 bits per heavy atom. The Balaban J connectivity index is 1.53. The van der Waals surface area contributed by atoms with E-state index in [-0.39, 0.29) is 42.2 Å². The van der Waals surface area contributed by atoms with Gasteiger partial charge in [-0.05, 0) is 44.7 Å². The van der Waals surface area contributed by atoms with Crippen molar-refractivity contribution in [1.29, 1.82) is 0 Å². The molecule has 0 radical (unpaired) electrons. The number of halogens is 4. The second kappa shape index (κ2) is 8.38. The molecule has 3 heterocycles. The lowest BCUT2D eigenvalue weighted by Gasteiger charge is -2.40. The molecule has 1 unspecified atom stereocenters. The molecule has 2 aliphatic heterocycles. The highest BCUT2D eigenvalue weighted by atomic mass is 32.2. The number of hydrogen-bond donors (Lipinski definition) is 0. The van der Waals surface area contributed by atoms with Gasteiger partial charge in [0.15, 0.2) is 5.01 Å². The monoisotopic (exact) mass is 491 g/mol. The minimum absolute atomic E-state index is 0.00285. The number of amides is 1. The number of nitrogens with zero attached hydrogens (tertiary/aromatic N) is 3. The number of hydrogen-bond acceptors (Lipinski definition) is 5. The van der Waals surface area contributed by atoms with Crippen molar-refractivity contribution < 1.29 is 30.8 Å². The molecule has 1 atom stereocenters. The standard InChI is InChI=1S/C20H21F4N3O3S2/c1-12-6-7-15-17(31-19(25-15)20(22,23)24)18(28)27(12)13-8-10-26(11-9-13)32(29,30)16-5-3-2-4-14(16)21/h2-5,12-13H,6-11H2,1H3. The summed E-state index contributed by atoms with van der Waals surface area (Å²) in [7, 11) is -4.02. The number of thiazole rings is 1. The van der Waals surface area contributed by atoms with Gasteiger partial charge >= 0.3 is 6.18 Å². The zero-order valence-corrected chi connectivity index (χ0v) is 18.7. The van der Waals surface area contributed by atoms with Crippen molar-refractivity contribution in [3.05, 3.63) is 45.7 Å². The van der Waals surface area contributed by atoms with Crippen LogP contribution in [0.5, 0.6) is 0 Å². The third kappa shape index (κ3) is 4.15. The minimum Gasteiger partial charge on any atom is -0.332 e. The van der Waals surface area contributed by atoms with Gasteiger partial charge in [0.2, 0.25) is 10.0 Å². The maximum absolute atomic E-state index is 14.0. The lowest BCUT2D eigenvalue weighted by atomic mass is 10.0. The second-order valence-corrected chi connectivity index (χ2v) is 10.9. The Hall–Kier alpha value is -2.05. The van der Waals surface area contributed by atoms with Crippen molar-refractivity contribution in [2.24, 2.45) is 0 Å². The van der Waals surface area contributed by atoms with Crippen molar-refractivity contribution in [2.45, 2.75) is 55.8 Å². The van der Waals surface area contributed by atoms with Crippen LogP contribution in [0.15, 0.2) is 29.2 Å². The Kier molecular flexibility index (Phi) is 6.05. The van der Waals surface area contributed by atoms with Crippen molar-refractivity contribution in [3.63, 3.8) is 0 Å². The molecule has 0 saturated carbocycles. The van der Waals surface area contributed by atoms with E-state index in [9.17, 15) is 30.8 Å². The van der Waals surface area contributed by atoms with E-state index >= 15 is 0 Å². The van der Waals surface area contributed by atoms with Gasteiger partial charge in [-0.2, -0.15) is 17.5 Å². The quantitative estimate of drug-likeness (QED) is 0.610. The maximum atomic E-state index is 14.0. The maximum Gasteiger partial charge on any atom is 0.443 e. The fraction of sp³-hybridized carbons (Fsp3) is 0.500. The molecule has 12 heteroatoms. The summed E-state index contributed by atoms with van der Waals surface area (Å²) in [5, 5.41) is -1.03. The minimum atomic E-state index is -4.61. The number of aryl methyl sites for hydroxylation is 1. The van der Waals surface area contributed by atoms with Gasteiger partial charge in [-0.3, -0.25) is 4.79 Å². The highest BCUT2D eigenvalue weighted by molar-refractivity contribution is 7.89. The molecule has 1 aromatic heterocycles. The highest BCUT2D eigenvalue weighted by Crippen LogP contribution is 2.38. The number of alkyl halides is 3. The van der Waals surface area contributed by atoms with E-state index in [2.05, 4.69) is 4.98 Å². The van der Waals surface area contributed by atoms with E-state index in [0.29, 0.717) is 30.6 Å². The van der Waals surface area contributed by atoms with Crippen LogP contribution in [0.2, 0.25) is 0 Å². The summed E-state index contributed by atoms with van der Waals surface area (Å²) in [5.41, 5.74) is 0.168. The van der Waals surface area contributed by atoms with E-state index in [0.717, 1.165) is 6.07 Å². The smallest absolute Gasteiger partial charge is 0.332 e. The Morgan fingerprint density at radius 1 is 1.12 bits per heavy atom. The largest absolute Gasteiger partial charge is 0.443 e. The van der Waals surface area contributed by atoms with Crippen LogP contribution in [0.3, 0.4) is 0 Å². The number of carbonyl (C=O) groups excluding carboxylic acids is 1. The summed E-state index contributed by atoms with van der Waals surface area (Å²) in [4.78, 5) is 18.0. The molecule has 2 aromatic rings. The number of fused-ring (bicyclic) bond motifs is 1. The van der Waals surface area contributed by atoms with E-state index < -0.39 is 37.8 Å². The number of piperidine rings is 1. The molecule has 1 fully saturated rings. The predicted molar refractivity (Wildman–Crippen MR) is 109 cm³/mol. The first-order valence-electron chi connectivity index (χ1n) is 10.1. The molecule has 1 amide bonds. The van der Waals surface area contributed by atoms with Crippen LogP contribution in [0.25, 0.3) is 0 Å². The first-order chi connectivity index (χ1) is 15.0. The Morgan fingerprint density at radius 3 is 2.41 bits per heavy atom. The number of aromatic nitrogens is 1. The lowest BCUT2D eigenvalue weighted by Crippen LogP contribution is -2.51. The van der Waals surface area contributed by atoms with Crippen LogP contribution in [0.4, 0.5) is 17.6 Å². The molecule has 2 aliphatic rings. The van der Waals surface area contributed by atoms with Crippen LogP contribution in [0.1, 0.15) is 46.6 Å². The molecule has 0 bridgehead atoms. The van der Waals surface area contributed by atoms with Gasteiger partial charge in [0.05, 0.1) is 5.69 Å². The first-order valence-corrected chi connectivity index (χ1v) is 12.4. The molecule has 1 saturated heterocycles. The predicted octanol–water partition coefficient (Wildman–Crippen LogP) is 3.93. The molecule has 0 spiro atoms. The zero-order valence-electron chi connectivity index (χ0n) is 17.1. The van der Waals surface area contributed by atoms with Crippen molar-refractivity contribution >= 4 is 27.3 Å². The summed E-state index contributed by atoms with van der Waals surface area (Å²) >= 11 is 0.362. The van der Waals surface area contributed by atoms with E-state index in [1.54, 1.807) is 4.90 Å². The average molecular weight is 492 g/mol. The lowest BCUT2D eigenvalue weighted by molar-refractivity contribution is -0.137. The van der Waals surface area contributed by atoms with Crippen LogP contribution < -0.4 is 0 Å². The zero-order chi connectivity index (χ0) is 23.3. The molecule has 6 nitrogen and oxygen atoms in total. The van der Waals surface area contributed by atoms with Crippen LogP contribution >= 0.6 is 11.3 Å². The van der Waals surface area contributed by atoms with E-state index in [1.165, 1.54) is 22.5 Å². The third-order valence-electron chi connectivity index (χ3n) is 5.91. The Labute approximate surface area is 186 Å². The Bertz CT molecular complexity index is 1130. The average Bonchev–Trinajstić information content (AvgIpc) is 3.13. The highest BCUT2D eigenvalue weighted by Gasteiger charge is 2.42. The van der Waals surface area contributed by atoms with Gasteiger partial charge < -0.3 is 4.90 Å². The number of rotatable bonds is 3. The van der Waals surface area contributed by atoms with Gasteiger partial charge in [-0.15, -0.1) is 11.3 Å². The van der Waals surface area contributed by atoms with Gasteiger partial charge in [0, 0.05) is 25.2 Å². The summed E-state index contributed by atoms with van der Waals surface area (Å²) in [6.45, 7) is 2.00. The number of benzene rings is 1. The fourth-order valence-electron chi connectivity index (χ4n) is 4.29. The summed E-state index contributed by atoms with van der Waals surface area (Å²) in [5.74, 6) is -1.32. The second-order valence-electron chi connectivity index (χ2n) is 7.96. The summed E-state index contributed by atoms with van der Waals surface area (Å²) in [6.07, 6.45) is -3.26. The summed E-state index contributed by atoms with van der Waals surface area (Å²) in [6, 6.07) is 4.59. The summed E-state index contributed by atoms with van der Waals surface area (Å²) < 4.78 is 80.1. The third-order valence-corrected chi connectivity index (χ3v) is 8.98. The molecule has 4 rings (SSSR count). The topological polar surface area (TPSA) is 70.6 Å². The molecular formula is C20H21F4N3O3S2. The number of sulfonamides is 1. The molecular weight excluding hydrogens is 470 g/mol. The van der Waals surface area contributed by atoms with Crippen LogP contribution in [-0.4, -0.2) is 53.7 Å².